The SMILES string of the molecule is CN1C(=O)[C@@H](Cc2ccccc2)N(OC(=O)C(Cl)Cl)C1(C)C. The summed E-state index contributed by atoms with van der Waals surface area (Å²) in [6, 6.07) is 8.92. The van der Waals surface area contributed by atoms with Crippen LogP contribution < -0.4 is 0 Å². The molecule has 120 valence electrons. The lowest BCUT2D eigenvalue weighted by molar-refractivity contribution is -0.227. The summed E-state index contributed by atoms with van der Waals surface area (Å²) in [5, 5.41) is 1.38. The minimum absolute atomic E-state index is 0.123. The van der Waals surface area contributed by atoms with Gasteiger partial charge in [-0.15, -0.1) is 5.06 Å². The van der Waals surface area contributed by atoms with Crippen LogP contribution in [0.25, 0.3) is 0 Å². The van der Waals surface area contributed by atoms with Crippen LogP contribution in [0.15, 0.2) is 30.3 Å². The van der Waals surface area contributed by atoms with Crippen molar-refractivity contribution in [2.75, 3.05) is 7.05 Å². The monoisotopic (exact) mass is 344 g/mol. The largest absolute Gasteiger partial charge is 0.362 e. The molecule has 1 heterocycles. The number of amides is 1. The first-order valence-corrected chi connectivity index (χ1v) is 7.73. The normalized spacial score (nSPS) is 21.5. The van der Waals surface area contributed by atoms with Crippen LogP contribution in [0.2, 0.25) is 0 Å². The molecule has 1 amide bonds. The molecule has 2 rings (SSSR count). The Labute approximate surface area is 139 Å². The van der Waals surface area contributed by atoms with Crippen LogP contribution in [-0.2, 0) is 20.8 Å². The minimum atomic E-state index is -1.30. The van der Waals surface area contributed by atoms with E-state index in [4.69, 9.17) is 28.0 Å². The fourth-order valence-electron chi connectivity index (χ4n) is 2.44. The van der Waals surface area contributed by atoms with E-state index < -0.39 is 22.5 Å². The van der Waals surface area contributed by atoms with Gasteiger partial charge in [0.05, 0.1) is 0 Å². The summed E-state index contributed by atoms with van der Waals surface area (Å²) in [6.45, 7) is 3.58. The number of hydroxylamine groups is 2. The Morgan fingerprint density at radius 3 is 2.45 bits per heavy atom. The highest BCUT2D eigenvalue weighted by Crippen LogP contribution is 2.32. The van der Waals surface area contributed by atoms with Crippen LogP contribution in [0.5, 0.6) is 0 Å². The maximum Gasteiger partial charge on any atom is 0.358 e. The highest BCUT2D eigenvalue weighted by atomic mass is 35.5. The molecule has 1 aromatic rings. The molecule has 5 nitrogen and oxygen atoms in total. The molecule has 0 spiro atoms. The molecule has 7 heteroatoms. The van der Waals surface area contributed by atoms with Gasteiger partial charge < -0.3 is 9.74 Å². The fourth-order valence-corrected chi connectivity index (χ4v) is 2.52. The summed E-state index contributed by atoms with van der Waals surface area (Å²) in [6.07, 6.45) is 0.427. The molecule has 1 aromatic carbocycles. The van der Waals surface area contributed by atoms with Gasteiger partial charge in [-0.1, -0.05) is 53.5 Å². The van der Waals surface area contributed by atoms with E-state index in [0.29, 0.717) is 6.42 Å². The van der Waals surface area contributed by atoms with Crippen molar-refractivity contribution >= 4 is 35.1 Å². The number of alkyl halides is 2. The molecule has 1 fully saturated rings. The van der Waals surface area contributed by atoms with Gasteiger partial charge in [-0.25, -0.2) is 4.79 Å². The predicted octanol–water partition coefficient (Wildman–Crippen LogP) is 2.37. The highest BCUT2D eigenvalue weighted by Gasteiger charge is 2.52. The molecule has 1 saturated heterocycles. The van der Waals surface area contributed by atoms with Gasteiger partial charge in [0.2, 0.25) is 10.7 Å². The third-order valence-corrected chi connectivity index (χ3v) is 4.25. The molecule has 1 atom stereocenters. The summed E-state index contributed by atoms with van der Waals surface area (Å²) in [5.74, 6) is -0.917. The Morgan fingerprint density at radius 2 is 1.91 bits per heavy atom. The van der Waals surface area contributed by atoms with Crippen molar-refractivity contribution in [1.82, 2.24) is 9.96 Å². The van der Waals surface area contributed by atoms with E-state index in [1.165, 1.54) is 5.06 Å². The van der Waals surface area contributed by atoms with Crippen LogP contribution in [0.1, 0.15) is 19.4 Å². The number of likely N-dealkylation sites (N-methyl/N-ethyl adjacent to an activating group) is 1. The van der Waals surface area contributed by atoms with Crippen LogP contribution in [-0.4, -0.2) is 45.4 Å². The van der Waals surface area contributed by atoms with Crippen molar-refractivity contribution in [2.24, 2.45) is 0 Å². The van der Waals surface area contributed by atoms with Crippen molar-refractivity contribution < 1.29 is 14.4 Å². The molecular formula is C15H18Cl2N2O3. The second-order valence-corrected chi connectivity index (χ2v) is 6.73. The van der Waals surface area contributed by atoms with E-state index in [9.17, 15) is 9.59 Å². The second kappa shape index (κ2) is 6.44. The first-order chi connectivity index (χ1) is 10.2. The number of hydrogen-bond acceptors (Lipinski definition) is 4. The summed E-state index contributed by atoms with van der Waals surface area (Å²) in [7, 11) is 1.67. The Hall–Kier alpha value is -1.30. The number of nitrogens with zero attached hydrogens (tertiary/aromatic N) is 2. The molecule has 0 aromatic heterocycles. The molecule has 0 saturated carbocycles. The zero-order chi connectivity index (χ0) is 16.5. The van der Waals surface area contributed by atoms with Gasteiger partial charge >= 0.3 is 5.97 Å². The first-order valence-electron chi connectivity index (χ1n) is 6.86. The number of rotatable bonds is 4. The van der Waals surface area contributed by atoms with Gasteiger partial charge in [0.25, 0.3) is 0 Å². The Morgan fingerprint density at radius 1 is 1.32 bits per heavy atom. The third kappa shape index (κ3) is 3.21. The smallest absolute Gasteiger partial charge is 0.358 e. The predicted molar refractivity (Wildman–Crippen MR) is 84.2 cm³/mol. The summed E-state index contributed by atoms with van der Waals surface area (Å²) < 4.78 is 0. The van der Waals surface area contributed by atoms with Gasteiger partial charge in [-0.2, -0.15) is 0 Å². The molecule has 0 aliphatic carbocycles. The standard InChI is InChI=1S/C15H18Cl2N2O3/c1-15(2)18(3)13(20)11(9-10-7-5-4-6-8-10)19(15)22-14(21)12(16)17/h4-8,11-12H,9H2,1-3H3/t11-/m1/s1. The van der Waals surface area contributed by atoms with E-state index in [0.717, 1.165) is 5.56 Å². The molecule has 22 heavy (non-hydrogen) atoms. The van der Waals surface area contributed by atoms with E-state index in [-0.39, 0.29) is 5.91 Å². The molecule has 1 aliphatic rings. The number of carbonyl (C=O) groups excluding carboxylic acids is 2. The van der Waals surface area contributed by atoms with E-state index in [2.05, 4.69) is 0 Å². The number of halogens is 2. The number of carbonyl (C=O) groups is 2. The Balaban J connectivity index is 2.27. The lowest BCUT2D eigenvalue weighted by atomic mass is 10.1. The molecule has 0 radical (unpaired) electrons. The quantitative estimate of drug-likeness (QED) is 0.787. The summed E-state index contributed by atoms with van der Waals surface area (Å²) >= 11 is 11.1. The molecule has 0 N–H and O–H groups in total. The van der Waals surface area contributed by atoms with Crippen molar-refractivity contribution in [1.29, 1.82) is 0 Å². The Kier molecular flexibility index (Phi) is 5.00. The molecular weight excluding hydrogens is 327 g/mol. The van der Waals surface area contributed by atoms with Crippen LogP contribution >= 0.6 is 23.2 Å². The molecule has 1 aliphatic heterocycles. The van der Waals surface area contributed by atoms with Gasteiger partial charge in [0.15, 0.2) is 0 Å². The summed E-state index contributed by atoms with van der Waals surface area (Å²) in [5.41, 5.74) is 0.191. The highest BCUT2D eigenvalue weighted by molar-refractivity contribution is 6.52. The van der Waals surface area contributed by atoms with Gasteiger partial charge in [0, 0.05) is 13.5 Å². The first kappa shape index (κ1) is 17.1. The number of benzene rings is 1. The van der Waals surface area contributed by atoms with Crippen molar-refractivity contribution in [2.45, 2.75) is 36.8 Å². The molecule has 0 unspecified atom stereocenters. The van der Waals surface area contributed by atoms with E-state index in [1.807, 2.05) is 30.3 Å². The van der Waals surface area contributed by atoms with Gasteiger partial charge in [-0.3, -0.25) is 4.79 Å². The zero-order valence-electron chi connectivity index (χ0n) is 12.6. The number of hydrogen-bond donors (Lipinski definition) is 0. The third-order valence-electron chi connectivity index (χ3n) is 3.90. The fraction of sp³-hybridized carbons (Fsp3) is 0.467. The van der Waals surface area contributed by atoms with E-state index >= 15 is 0 Å². The van der Waals surface area contributed by atoms with Crippen LogP contribution in [0, 0.1) is 0 Å². The van der Waals surface area contributed by atoms with Crippen molar-refractivity contribution in [3.63, 3.8) is 0 Å². The molecule has 0 bridgehead atoms. The zero-order valence-corrected chi connectivity index (χ0v) is 14.1. The lowest BCUT2D eigenvalue weighted by Gasteiger charge is -2.35. The second-order valence-electron chi connectivity index (χ2n) is 5.63. The van der Waals surface area contributed by atoms with Crippen LogP contribution in [0.3, 0.4) is 0 Å². The maximum absolute atomic E-state index is 12.5. The van der Waals surface area contributed by atoms with E-state index in [1.54, 1.807) is 25.8 Å². The van der Waals surface area contributed by atoms with Crippen molar-refractivity contribution in [3.8, 4) is 0 Å². The minimum Gasteiger partial charge on any atom is -0.362 e. The average Bonchev–Trinajstić information content (AvgIpc) is 2.63. The van der Waals surface area contributed by atoms with Crippen LogP contribution in [0.4, 0.5) is 0 Å². The lowest BCUT2D eigenvalue weighted by Crippen LogP contribution is -2.50. The maximum atomic E-state index is 12.5. The topological polar surface area (TPSA) is 49.9 Å². The average molecular weight is 345 g/mol. The summed E-state index contributed by atoms with van der Waals surface area (Å²) in [4.78, 5) is 29.8. The Bertz CT molecular complexity index is 563. The van der Waals surface area contributed by atoms with Gasteiger partial charge in [0.1, 0.15) is 11.7 Å². The van der Waals surface area contributed by atoms with Crippen molar-refractivity contribution in [3.05, 3.63) is 35.9 Å². The van der Waals surface area contributed by atoms with Gasteiger partial charge in [-0.05, 0) is 19.4 Å².